The van der Waals surface area contributed by atoms with Crippen LogP contribution in [0, 0.1) is 0 Å². The van der Waals surface area contributed by atoms with Crippen molar-refractivity contribution in [3.05, 3.63) is 41.6 Å². The van der Waals surface area contributed by atoms with Gasteiger partial charge in [-0.1, -0.05) is 71.2 Å². The summed E-state index contributed by atoms with van der Waals surface area (Å²) in [5.74, 6) is 0.275. The lowest BCUT2D eigenvalue weighted by Gasteiger charge is -2.44. The van der Waals surface area contributed by atoms with Gasteiger partial charge in [0.2, 0.25) is 5.91 Å². The molecule has 7 nitrogen and oxygen atoms in total. The number of hydrogen-bond acceptors (Lipinski definition) is 4. The number of fused-ring (bicyclic) bond motifs is 1. The second-order valence-electron chi connectivity index (χ2n) is 10.9. The van der Waals surface area contributed by atoms with E-state index in [1.54, 1.807) is 9.58 Å². The number of likely N-dealkylation sites (N-methyl/N-ethyl adjacent to an activating group) is 1. The van der Waals surface area contributed by atoms with Gasteiger partial charge in [0.25, 0.3) is 5.91 Å². The summed E-state index contributed by atoms with van der Waals surface area (Å²) in [6.07, 6.45) is 5.55. The Morgan fingerprint density at radius 3 is 2.42 bits per heavy atom. The Morgan fingerprint density at radius 2 is 1.81 bits per heavy atom. The molecule has 1 N–H and O–H groups in total. The van der Waals surface area contributed by atoms with Crippen LogP contribution in [0.3, 0.4) is 0 Å². The zero-order valence-corrected chi connectivity index (χ0v) is 22.7. The van der Waals surface area contributed by atoms with Crippen LogP contribution in [0.25, 0.3) is 11.3 Å². The molecule has 1 aliphatic heterocycles. The van der Waals surface area contributed by atoms with Crippen LogP contribution in [0.5, 0.6) is 0 Å². The summed E-state index contributed by atoms with van der Waals surface area (Å²) >= 11 is 0. The molecule has 1 unspecified atom stereocenters. The highest BCUT2D eigenvalue weighted by molar-refractivity contribution is 6.00. The maximum Gasteiger partial charge on any atom is 0.273 e. The van der Waals surface area contributed by atoms with Crippen LogP contribution in [0.15, 0.2) is 30.3 Å². The molecule has 1 aromatic carbocycles. The fourth-order valence-corrected chi connectivity index (χ4v) is 5.54. The van der Waals surface area contributed by atoms with Crippen molar-refractivity contribution in [3.63, 3.8) is 0 Å². The summed E-state index contributed by atoms with van der Waals surface area (Å²) in [6.45, 7) is 14.0. The van der Waals surface area contributed by atoms with E-state index in [4.69, 9.17) is 5.10 Å². The van der Waals surface area contributed by atoms with Crippen molar-refractivity contribution >= 4 is 11.8 Å². The lowest BCUT2D eigenvalue weighted by Crippen LogP contribution is -2.66. The quantitative estimate of drug-likeness (QED) is 0.551. The normalized spacial score (nSPS) is 20.8. The standard InChI is InChI=1S/C29H43N5O2/c1-6-32(7-2)17-18-33-27(35)26-19-25(23-15-13-22(14-16-23)21(3)4)31-34(26)20-29(33,5)28(36)30-24-11-9-8-10-12-24/h13-16,19,21,24H,6-12,17-18,20H2,1-5H3,(H,30,36). The van der Waals surface area contributed by atoms with Crippen molar-refractivity contribution in [2.45, 2.75) is 90.8 Å². The molecule has 0 radical (unpaired) electrons. The Kier molecular flexibility index (Phi) is 8.18. The molecule has 36 heavy (non-hydrogen) atoms. The van der Waals surface area contributed by atoms with Crippen LogP contribution in [-0.2, 0) is 11.3 Å². The largest absolute Gasteiger partial charge is 0.351 e. The first-order valence-corrected chi connectivity index (χ1v) is 13.8. The molecule has 2 amide bonds. The van der Waals surface area contributed by atoms with E-state index < -0.39 is 5.54 Å². The third kappa shape index (κ3) is 5.36. The lowest BCUT2D eigenvalue weighted by atomic mass is 9.91. The number of rotatable bonds is 9. The number of carbonyl (C=O) groups is 2. The van der Waals surface area contributed by atoms with Crippen molar-refractivity contribution in [1.82, 2.24) is 24.9 Å². The topological polar surface area (TPSA) is 70.5 Å². The van der Waals surface area contributed by atoms with Crippen LogP contribution in [0.4, 0.5) is 0 Å². The van der Waals surface area contributed by atoms with E-state index in [2.05, 4.69) is 62.2 Å². The Bertz CT molecular complexity index is 1050. The summed E-state index contributed by atoms with van der Waals surface area (Å²) < 4.78 is 1.75. The molecule has 7 heteroatoms. The lowest BCUT2D eigenvalue weighted by molar-refractivity contribution is -0.134. The minimum Gasteiger partial charge on any atom is -0.351 e. The van der Waals surface area contributed by atoms with Gasteiger partial charge in [-0.05, 0) is 50.4 Å². The van der Waals surface area contributed by atoms with Crippen molar-refractivity contribution in [2.75, 3.05) is 26.2 Å². The molecular formula is C29H43N5O2. The first kappa shape index (κ1) is 26.4. The molecule has 1 aliphatic carbocycles. The van der Waals surface area contributed by atoms with Gasteiger partial charge in [-0.15, -0.1) is 0 Å². The molecule has 196 valence electrons. The SMILES string of the molecule is CCN(CC)CCN1C(=O)c2cc(-c3ccc(C(C)C)cc3)nn2CC1(C)C(=O)NC1CCCCC1. The summed E-state index contributed by atoms with van der Waals surface area (Å²) in [6, 6.07) is 10.5. The predicted molar refractivity (Wildman–Crippen MR) is 144 cm³/mol. The number of carbonyl (C=O) groups excluding carboxylic acids is 2. The Morgan fingerprint density at radius 1 is 1.14 bits per heavy atom. The Labute approximate surface area is 216 Å². The van der Waals surface area contributed by atoms with Crippen LogP contribution in [-0.4, -0.2) is 69.2 Å². The minimum atomic E-state index is -0.987. The highest BCUT2D eigenvalue weighted by Crippen LogP contribution is 2.31. The molecule has 0 spiro atoms. The zero-order valence-electron chi connectivity index (χ0n) is 22.7. The van der Waals surface area contributed by atoms with Crippen molar-refractivity contribution in [1.29, 1.82) is 0 Å². The summed E-state index contributed by atoms with van der Waals surface area (Å²) in [4.78, 5) is 31.7. The van der Waals surface area contributed by atoms with Crippen LogP contribution < -0.4 is 5.32 Å². The van der Waals surface area contributed by atoms with E-state index in [9.17, 15) is 9.59 Å². The van der Waals surface area contributed by atoms with Gasteiger partial charge in [0, 0.05) is 24.7 Å². The van der Waals surface area contributed by atoms with Crippen LogP contribution in [0.2, 0.25) is 0 Å². The fourth-order valence-electron chi connectivity index (χ4n) is 5.54. The Balaban J connectivity index is 1.64. The molecule has 1 fully saturated rings. The van der Waals surface area contributed by atoms with Gasteiger partial charge in [0.1, 0.15) is 11.2 Å². The maximum atomic E-state index is 13.9. The first-order chi connectivity index (χ1) is 17.3. The fraction of sp³-hybridized carbons (Fsp3) is 0.621. The molecular weight excluding hydrogens is 450 g/mol. The predicted octanol–water partition coefficient (Wildman–Crippen LogP) is 4.68. The number of nitrogens with zero attached hydrogens (tertiary/aromatic N) is 4. The van der Waals surface area contributed by atoms with E-state index in [-0.39, 0.29) is 17.9 Å². The van der Waals surface area contributed by atoms with Gasteiger partial charge in [-0.2, -0.15) is 5.10 Å². The second kappa shape index (κ2) is 11.2. The van der Waals surface area contributed by atoms with Crippen LogP contribution >= 0.6 is 0 Å². The highest BCUT2D eigenvalue weighted by atomic mass is 16.2. The molecule has 1 saturated carbocycles. The third-order valence-electron chi connectivity index (χ3n) is 8.13. The number of aromatic nitrogens is 2. The van der Waals surface area contributed by atoms with Crippen LogP contribution in [0.1, 0.15) is 88.7 Å². The summed E-state index contributed by atoms with van der Waals surface area (Å²) in [5.41, 5.74) is 2.60. The Hall–Kier alpha value is -2.67. The number of hydrogen-bond donors (Lipinski definition) is 1. The van der Waals surface area contributed by atoms with Gasteiger partial charge < -0.3 is 15.1 Å². The molecule has 4 rings (SSSR count). The second-order valence-corrected chi connectivity index (χ2v) is 10.9. The van der Waals surface area contributed by atoms with Gasteiger partial charge in [0.05, 0.1) is 12.2 Å². The molecule has 2 heterocycles. The number of benzene rings is 1. The van der Waals surface area contributed by atoms with Crippen molar-refractivity contribution < 1.29 is 9.59 Å². The molecule has 2 aromatic rings. The number of nitrogens with one attached hydrogen (secondary N) is 1. The van der Waals surface area contributed by atoms with Gasteiger partial charge in [0.15, 0.2) is 0 Å². The van der Waals surface area contributed by atoms with E-state index in [0.717, 1.165) is 56.6 Å². The third-order valence-corrected chi connectivity index (χ3v) is 8.13. The maximum absolute atomic E-state index is 13.9. The number of amides is 2. The van der Waals surface area contributed by atoms with Crippen molar-refractivity contribution in [2.24, 2.45) is 0 Å². The molecule has 1 atom stereocenters. The zero-order chi connectivity index (χ0) is 25.9. The van der Waals surface area contributed by atoms with Crippen molar-refractivity contribution in [3.8, 4) is 11.3 Å². The van der Waals surface area contributed by atoms with Gasteiger partial charge >= 0.3 is 0 Å². The molecule has 2 aliphatic rings. The molecule has 1 aromatic heterocycles. The highest BCUT2D eigenvalue weighted by Gasteiger charge is 2.48. The summed E-state index contributed by atoms with van der Waals surface area (Å²) in [5, 5.41) is 8.11. The first-order valence-electron chi connectivity index (χ1n) is 13.8. The molecule has 0 saturated heterocycles. The monoisotopic (exact) mass is 493 g/mol. The van der Waals surface area contributed by atoms with E-state index in [0.29, 0.717) is 24.7 Å². The minimum absolute atomic E-state index is 0.0636. The smallest absolute Gasteiger partial charge is 0.273 e. The average molecular weight is 494 g/mol. The van der Waals surface area contributed by atoms with E-state index in [1.165, 1.54) is 12.0 Å². The van der Waals surface area contributed by atoms with E-state index in [1.807, 2.05) is 13.0 Å². The van der Waals surface area contributed by atoms with Gasteiger partial charge in [-0.25, -0.2) is 0 Å². The van der Waals surface area contributed by atoms with E-state index >= 15 is 0 Å². The average Bonchev–Trinajstić information content (AvgIpc) is 3.30. The van der Waals surface area contributed by atoms with Gasteiger partial charge in [-0.3, -0.25) is 14.3 Å². The summed E-state index contributed by atoms with van der Waals surface area (Å²) in [7, 11) is 0. The molecule has 0 bridgehead atoms.